The summed E-state index contributed by atoms with van der Waals surface area (Å²) in [6, 6.07) is 26.7. The van der Waals surface area contributed by atoms with Crippen LogP contribution in [0, 0.1) is 0 Å². The second kappa shape index (κ2) is 9.20. The molecule has 0 aliphatic heterocycles. The van der Waals surface area contributed by atoms with Gasteiger partial charge >= 0.3 is 0 Å². The van der Waals surface area contributed by atoms with Crippen LogP contribution in [0.2, 0.25) is 0 Å². The Bertz CT molecular complexity index is 819. The highest BCUT2D eigenvalue weighted by atomic mass is 14.1. The van der Waals surface area contributed by atoms with Crippen LogP contribution < -0.4 is 0 Å². The van der Waals surface area contributed by atoms with Crippen molar-refractivity contribution in [3.8, 4) is 22.3 Å². The van der Waals surface area contributed by atoms with Gasteiger partial charge in [-0.25, -0.2) is 0 Å². The van der Waals surface area contributed by atoms with E-state index in [0.717, 1.165) is 0 Å². The molecular weight excluding hydrogens is 312 g/mol. The average molecular weight is 341 g/mol. The second-order valence-electron chi connectivity index (χ2n) is 6.85. The molecule has 3 aromatic carbocycles. The second-order valence-corrected chi connectivity index (χ2v) is 6.85. The molecule has 0 atom stereocenters. The van der Waals surface area contributed by atoms with Crippen molar-refractivity contribution in [2.24, 2.45) is 0 Å². The number of aryl methyl sites for hydroxylation is 1. The zero-order chi connectivity index (χ0) is 18.2. The van der Waals surface area contributed by atoms with Crippen LogP contribution in [-0.2, 0) is 6.42 Å². The first kappa shape index (κ1) is 18.2. The Morgan fingerprint density at radius 2 is 1.08 bits per heavy atom. The van der Waals surface area contributed by atoms with E-state index in [1.54, 1.807) is 0 Å². The quantitative estimate of drug-likeness (QED) is 0.385. The lowest BCUT2D eigenvalue weighted by atomic mass is 9.98. The molecule has 0 fully saturated rings. The van der Waals surface area contributed by atoms with Gasteiger partial charge in [-0.2, -0.15) is 0 Å². The van der Waals surface area contributed by atoms with Gasteiger partial charge in [-0.15, -0.1) is 0 Å². The van der Waals surface area contributed by atoms with Crippen LogP contribution >= 0.6 is 0 Å². The minimum atomic E-state index is 1.19. The third-order valence-electron chi connectivity index (χ3n) is 4.84. The fourth-order valence-electron chi connectivity index (χ4n) is 3.28. The molecule has 132 valence electrons. The van der Waals surface area contributed by atoms with E-state index in [0.29, 0.717) is 0 Å². The molecule has 0 saturated heterocycles. The van der Waals surface area contributed by atoms with Gasteiger partial charge in [0.2, 0.25) is 0 Å². The fraction of sp³-hybridized carbons (Fsp3) is 0.231. The number of rotatable bonds is 7. The molecule has 0 saturated carbocycles. The lowest BCUT2D eigenvalue weighted by molar-refractivity contribution is 0.717. The molecule has 0 unspecified atom stereocenters. The van der Waals surface area contributed by atoms with Crippen molar-refractivity contribution in [3.05, 3.63) is 90.0 Å². The predicted octanol–water partition coefficient (Wildman–Crippen LogP) is 7.79. The Morgan fingerprint density at radius 1 is 0.615 bits per heavy atom. The van der Waals surface area contributed by atoms with E-state index >= 15 is 0 Å². The van der Waals surface area contributed by atoms with Crippen LogP contribution in [0.1, 0.15) is 44.2 Å². The van der Waals surface area contributed by atoms with Gasteiger partial charge in [0.05, 0.1) is 0 Å². The maximum atomic E-state index is 2.28. The summed E-state index contributed by atoms with van der Waals surface area (Å²) in [5.41, 5.74) is 7.78. The van der Waals surface area contributed by atoms with E-state index in [1.807, 2.05) is 6.92 Å². The molecule has 0 heteroatoms. The molecule has 0 aromatic heterocycles. The number of allylic oxidation sites excluding steroid dienone is 1. The summed E-state index contributed by atoms with van der Waals surface area (Å²) in [4.78, 5) is 0. The Morgan fingerprint density at radius 3 is 1.54 bits per heavy atom. The fourth-order valence-corrected chi connectivity index (χ4v) is 3.28. The highest BCUT2D eigenvalue weighted by molar-refractivity contribution is 5.71. The van der Waals surface area contributed by atoms with Crippen molar-refractivity contribution in [1.82, 2.24) is 0 Å². The highest BCUT2D eigenvalue weighted by Crippen LogP contribution is 2.26. The third kappa shape index (κ3) is 4.73. The maximum absolute atomic E-state index is 2.28. The zero-order valence-electron chi connectivity index (χ0n) is 15.9. The van der Waals surface area contributed by atoms with Crippen LogP contribution in [0.15, 0.2) is 78.9 Å². The molecule has 26 heavy (non-hydrogen) atoms. The Hall–Kier alpha value is -2.60. The van der Waals surface area contributed by atoms with Crippen LogP contribution in [0.25, 0.3) is 28.3 Å². The van der Waals surface area contributed by atoms with E-state index in [9.17, 15) is 0 Å². The normalized spacial score (nSPS) is 11.2. The van der Waals surface area contributed by atoms with Gasteiger partial charge < -0.3 is 0 Å². The summed E-state index contributed by atoms with van der Waals surface area (Å²) in [7, 11) is 0. The van der Waals surface area contributed by atoms with Gasteiger partial charge in [-0.1, -0.05) is 105 Å². The molecule has 0 radical (unpaired) electrons. The first-order valence-electron chi connectivity index (χ1n) is 9.72. The minimum absolute atomic E-state index is 1.19. The topological polar surface area (TPSA) is 0 Å². The molecule has 0 nitrogen and oxygen atoms in total. The van der Waals surface area contributed by atoms with Gasteiger partial charge in [-0.05, 0) is 53.1 Å². The largest absolute Gasteiger partial charge is 0.0871 e. The van der Waals surface area contributed by atoms with Gasteiger partial charge in [0.1, 0.15) is 0 Å². The molecule has 0 aliphatic rings. The molecule has 0 N–H and O–H groups in total. The van der Waals surface area contributed by atoms with Gasteiger partial charge in [0, 0.05) is 0 Å². The average Bonchev–Trinajstić information content (AvgIpc) is 2.70. The molecular formula is C26H28. The van der Waals surface area contributed by atoms with Gasteiger partial charge in [0.25, 0.3) is 0 Å². The van der Waals surface area contributed by atoms with Crippen molar-refractivity contribution in [2.45, 2.75) is 39.5 Å². The molecule has 3 rings (SSSR count). The summed E-state index contributed by atoms with van der Waals surface area (Å²) in [6.07, 6.45) is 9.27. The highest BCUT2D eigenvalue weighted by Gasteiger charge is 2.01. The van der Waals surface area contributed by atoms with Crippen molar-refractivity contribution < 1.29 is 0 Å². The van der Waals surface area contributed by atoms with Crippen LogP contribution in [0.4, 0.5) is 0 Å². The standard InChI is InChI=1S/C26H28/c1-3-5-6-8-22-11-15-24(16-12-22)26-19-17-25(18-20-26)23-13-9-21(7-4-2)10-14-23/h4,7,9-20H,3,5-6,8H2,1-2H3. The van der Waals surface area contributed by atoms with Crippen molar-refractivity contribution in [2.75, 3.05) is 0 Å². The molecule has 3 aromatic rings. The summed E-state index contributed by atoms with van der Waals surface area (Å²) in [5, 5.41) is 0. The summed E-state index contributed by atoms with van der Waals surface area (Å²) in [5.74, 6) is 0. The smallest absolute Gasteiger partial charge is 0.0184 e. The maximum Gasteiger partial charge on any atom is -0.0184 e. The molecule has 0 heterocycles. The lowest BCUT2D eigenvalue weighted by Crippen LogP contribution is -1.86. The number of hydrogen-bond donors (Lipinski definition) is 0. The molecule has 0 bridgehead atoms. The monoisotopic (exact) mass is 340 g/mol. The lowest BCUT2D eigenvalue weighted by Gasteiger charge is -2.07. The first-order chi connectivity index (χ1) is 12.8. The van der Waals surface area contributed by atoms with E-state index in [2.05, 4.69) is 91.9 Å². The van der Waals surface area contributed by atoms with E-state index in [1.165, 1.54) is 59.1 Å². The number of benzene rings is 3. The van der Waals surface area contributed by atoms with E-state index < -0.39 is 0 Å². The SMILES string of the molecule is CC=Cc1ccc(-c2ccc(-c3ccc(CCCCC)cc3)cc2)cc1. The van der Waals surface area contributed by atoms with E-state index in [4.69, 9.17) is 0 Å². The zero-order valence-corrected chi connectivity index (χ0v) is 15.9. The molecule has 0 spiro atoms. The van der Waals surface area contributed by atoms with E-state index in [-0.39, 0.29) is 0 Å². The number of hydrogen-bond acceptors (Lipinski definition) is 0. The van der Waals surface area contributed by atoms with Gasteiger partial charge in [0.15, 0.2) is 0 Å². The molecule has 0 amide bonds. The predicted molar refractivity (Wildman–Crippen MR) is 115 cm³/mol. The first-order valence-corrected chi connectivity index (χ1v) is 9.72. The summed E-state index contributed by atoms with van der Waals surface area (Å²) >= 11 is 0. The molecule has 0 aliphatic carbocycles. The van der Waals surface area contributed by atoms with Crippen molar-refractivity contribution in [3.63, 3.8) is 0 Å². The van der Waals surface area contributed by atoms with Crippen LogP contribution in [0.5, 0.6) is 0 Å². The summed E-state index contributed by atoms with van der Waals surface area (Å²) in [6.45, 7) is 4.30. The Balaban J connectivity index is 1.70. The number of unbranched alkanes of at least 4 members (excludes halogenated alkanes) is 2. The van der Waals surface area contributed by atoms with Crippen molar-refractivity contribution in [1.29, 1.82) is 0 Å². The Labute approximate surface area is 158 Å². The van der Waals surface area contributed by atoms with Crippen LogP contribution in [0.3, 0.4) is 0 Å². The minimum Gasteiger partial charge on any atom is -0.0871 e. The Kier molecular flexibility index (Phi) is 6.44. The van der Waals surface area contributed by atoms with Gasteiger partial charge in [-0.3, -0.25) is 0 Å². The summed E-state index contributed by atoms with van der Waals surface area (Å²) < 4.78 is 0. The third-order valence-corrected chi connectivity index (χ3v) is 4.84. The van der Waals surface area contributed by atoms with Crippen molar-refractivity contribution >= 4 is 6.08 Å². The van der Waals surface area contributed by atoms with Crippen LogP contribution in [-0.4, -0.2) is 0 Å².